The zero-order valence-electron chi connectivity index (χ0n) is 12.8. The van der Waals surface area contributed by atoms with Crippen LogP contribution in [0, 0.1) is 11.3 Å². The Morgan fingerprint density at radius 2 is 2.09 bits per heavy atom. The Labute approximate surface area is 133 Å². The Morgan fingerprint density at radius 3 is 2.74 bits per heavy atom. The molecule has 0 amide bonds. The number of nitrogens with zero attached hydrogens (tertiary/aromatic N) is 2. The van der Waals surface area contributed by atoms with Gasteiger partial charge in [-0.3, -0.25) is 4.79 Å². The smallest absolute Gasteiger partial charge is 0.339 e. The van der Waals surface area contributed by atoms with Gasteiger partial charge >= 0.3 is 5.97 Å². The van der Waals surface area contributed by atoms with Crippen LogP contribution in [0.25, 0.3) is 0 Å². The average molecular weight is 308 g/mol. The molecule has 0 radical (unpaired) electrons. The highest BCUT2D eigenvalue weighted by Crippen LogP contribution is 2.20. The molecule has 1 aliphatic rings. The van der Waals surface area contributed by atoms with Crippen molar-refractivity contribution >= 4 is 5.97 Å². The second-order valence-corrected chi connectivity index (χ2v) is 5.57. The quantitative estimate of drug-likeness (QED) is 0.814. The maximum atomic E-state index is 12.6. The normalized spacial score (nSPS) is 12.5. The summed E-state index contributed by atoms with van der Waals surface area (Å²) in [5.41, 5.74) is 3.28. The van der Waals surface area contributed by atoms with Crippen LogP contribution in [0.3, 0.4) is 0 Å². The van der Waals surface area contributed by atoms with Gasteiger partial charge in [-0.15, -0.1) is 0 Å². The van der Waals surface area contributed by atoms with Crippen molar-refractivity contribution in [3.8, 4) is 6.07 Å². The lowest BCUT2D eigenvalue weighted by Gasteiger charge is -2.12. The number of hydrogen-bond donors (Lipinski definition) is 0. The summed E-state index contributed by atoms with van der Waals surface area (Å²) in [5, 5.41) is 8.84. The highest BCUT2D eigenvalue weighted by atomic mass is 16.5. The number of nitriles is 1. The van der Waals surface area contributed by atoms with Crippen LogP contribution in [0.5, 0.6) is 0 Å². The lowest BCUT2D eigenvalue weighted by atomic mass is 10.0. The molecule has 5 heteroatoms. The molecule has 23 heavy (non-hydrogen) atoms. The summed E-state index contributed by atoms with van der Waals surface area (Å²) in [6.45, 7) is 0.638. The molecule has 2 heterocycles. The number of benzene rings is 1. The van der Waals surface area contributed by atoms with Gasteiger partial charge in [-0.2, -0.15) is 5.26 Å². The third-order valence-corrected chi connectivity index (χ3v) is 4.15. The second kappa shape index (κ2) is 6.09. The zero-order valence-corrected chi connectivity index (χ0v) is 12.8. The largest absolute Gasteiger partial charge is 0.465 e. The van der Waals surface area contributed by atoms with Gasteiger partial charge in [-0.25, -0.2) is 4.79 Å². The molecule has 0 bridgehead atoms. The predicted octanol–water partition coefficient (Wildman–Crippen LogP) is 2.04. The zero-order chi connectivity index (χ0) is 16.4. The van der Waals surface area contributed by atoms with Crippen LogP contribution in [0.2, 0.25) is 0 Å². The van der Waals surface area contributed by atoms with Gasteiger partial charge in [0.1, 0.15) is 0 Å². The monoisotopic (exact) mass is 308 g/mol. The van der Waals surface area contributed by atoms with E-state index in [2.05, 4.69) is 6.07 Å². The van der Waals surface area contributed by atoms with Gasteiger partial charge in [0.2, 0.25) is 0 Å². The Balaban J connectivity index is 2.03. The lowest BCUT2D eigenvalue weighted by Crippen LogP contribution is -2.26. The molecule has 0 aliphatic carbocycles. The maximum absolute atomic E-state index is 12.6. The molecule has 1 aliphatic heterocycles. The maximum Gasteiger partial charge on any atom is 0.339 e. The molecular weight excluding hydrogens is 292 g/mol. The third kappa shape index (κ3) is 2.76. The average Bonchev–Trinajstić information content (AvgIpc) is 3.07. The lowest BCUT2D eigenvalue weighted by molar-refractivity contribution is 0.0598. The molecule has 0 unspecified atom stereocenters. The molecule has 5 nitrogen and oxygen atoms in total. The minimum Gasteiger partial charge on any atom is -0.465 e. The van der Waals surface area contributed by atoms with E-state index in [-0.39, 0.29) is 5.56 Å². The molecule has 2 aromatic rings. The number of aromatic nitrogens is 1. The fourth-order valence-electron chi connectivity index (χ4n) is 3.00. The first-order valence-electron chi connectivity index (χ1n) is 7.47. The van der Waals surface area contributed by atoms with E-state index in [0.717, 1.165) is 24.1 Å². The predicted molar refractivity (Wildman–Crippen MR) is 84.3 cm³/mol. The van der Waals surface area contributed by atoms with Gasteiger partial charge in [0.15, 0.2) is 0 Å². The van der Waals surface area contributed by atoms with Crippen LogP contribution in [-0.4, -0.2) is 17.6 Å². The topological polar surface area (TPSA) is 72.1 Å². The summed E-state index contributed by atoms with van der Waals surface area (Å²) in [6, 6.07) is 10.8. The molecule has 116 valence electrons. The first kappa shape index (κ1) is 15.0. The highest BCUT2D eigenvalue weighted by molar-refractivity contribution is 5.90. The Kier molecular flexibility index (Phi) is 3.98. The van der Waals surface area contributed by atoms with Gasteiger partial charge in [-0.1, -0.05) is 12.1 Å². The van der Waals surface area contributed by atoms with Gasteiger partial charge in [-0.05, 0) is 36.6 Å². The minimum absolute atomic E-state index is 0.0467. The molecule has 0 saturated heterocycles. The number of hydrogen-bond acceptors (Lipinski definition) is 4. The minimum atomic E-state index is -0.406. The molecule has 0 saturated carbocycles. The van der Waals surface area contributed by atoms with Crippen LogP contribution in [0.1, 0.15) is 39.2 Å². The number of rotatable bonds is 3. The number of methoxy groups -OCH3 is 1. The first-order chi connectivity index (χ1) is 11.1. The fourth-order valence-corrected chi connectivity index (χ4v) is 3.00. The van der Waals surface area contributed by atoms with E-state index in [9.17, 15) is 9.59 Å². The van der Waals surface area contributed by atoms with Gasteiger partial charge in [0.25, 0.3) is 5.56 Å². The Bertz CT molecular complexity index is 858. The van der Waals surface area contributed by atoms with Crippen LogP contribution in [0.15, 0.2) is 35.1 Å². The first-order valence-corrected chi connectivity index (χ1v) is 7.47. The summed E-state index contributed by atoms with van der Waals surface area (Å²) in [6.07, 6.45) is 2.01. The van der Waals surface area contributed by atoms with Crippen LogP contribution >= 0.6 is 0 Å². The van der Waals surface area contributed by atoms with E-state index in [0.29, 0.717) is 29.7 Å². The molecule has 0 atom stereocenters. The molecule has 0 spiro atoms. The standard InChI is InChI=1S/C18H16N2O3/c1-23-18(22)15-10-14(17(21)20-8-2-3-16(15)20)9-12-4-6-13(11-19)7-5-12/h4-7,10H,2-3,8-9H2,1H3. The molecule has 0 fully saturated rings. The molecular formula is C18H16N2O3. The summed E-state index contributed by atoms with van der Waals surface area (Å²) < 4.78 is 6.53. The fraction of sp³-hybridized carbons (Fsp3) is 0.278. The van der Waals surface area contributed by atoms with Crippen molar-refractivity contribution < 1.29 is 9.53 Å². The number of pyridine rings is 1. The summed E-state index contributed by atoms with van der Waals surface area (Å²) in [4.78, 5) is 24.6. The number of fused-ring (bicyclic) bond motifs is 1. The summed E-state index contributed by atoms with van der Waals surface area (Å²) in [5.74, 6) is -0.406. The molecule has 1 aromatic carbocycles. The molecule has 3 rings (SSSR count). The molecule has 1 aromatic heterocycles. The van der Waals surface area contributed by atoms with E-state index >= 15 is 0 Å². The van der Waals surface area contributed by atoms with E-state index in [1.807, 2.05) is 12.1 Å². The second-order valence-electron chi connectivity index (χ2n) is 5.57. The van der Waals surface area contributed by atoms with E-state index in [4.69, 9.17) is 10.00 Å². The molecule has 0 N–H and O–H groups in total. The van der Waals surface area contributed by atoms with Crippen molar-refractivity contribution in [2.45, 2.75) is 25.8 Å². The van der Waals surface area contributed by atoms with Crippen LogP contribution in [-0.2, 0) is 24.1 Å². The van der Waals surface area contributed by atoms with Crippen LogP contribution < -0.4 is 5.56 Å². The van der Waals surface area contributed by atoms with Crippen molar-refractivity contribution in [1.82, 2.24) is 4.57 Å². The van der Waals surface area contributed by atoms with E-state index in [1.54, 1.807) is 22.8 Å². The van der Waals surface area contributed by atoms with Crippen LogP contribution in [0.4, 0.5) is 0 Å². The van der Waals surface area contributed by atoms with Crippen molar-refractivity contribution in [2.75, 3.05) is 7.11 Å². The summed E-state index contributed by atoms with van der Waals surface area (Å²) >= 11 is 0. The van der Waals surface area contributed by atoms with Gasteiger partial charge in [0, 0.05) is 24.2 Å². The Hall–Kier alpha value is -2.87. The summed E-state index contributed by atoms with van der Waals surface area (Å²) in [7, 11) is 1.35. The number of esters is 1. The number of ether oxygens (including phenoxy) is 1. The van der Waals surface area contributed by atoms with Gasteiger partial charge < -0.3 is 9.30 Å². The third-order valence-electron chi connectivity index (χ3n) is 4.15. The van der Waals surface area contributed by atoms with Crippen molar-refractivity contribution in [1.29, 1.82) is 5.26 Å². The van der Waals surface area contributed by atoms with Crippen molar-refractivity contribution in [3.05, 3.63) is 68.6 Å². The Morgan fingerprint density at radius 1 is 1.35 bits per heavy atom. The van der Waals surface area contributed by atoms with E-state index < -0.39 is 5.97 Å². The van der Waals surface area contributed by atoms with E-state index in [1.165, 1.54) is 7.11 Å². The van der Waals surface area contributed by atoms with Crippen molar-refractivity contribution in [3.63, 3.8) is 0 Å². The van der Waals surface area contributed by atoms with Gasteiger partial charge in [0.05, 0.1) is 24.3 Å². The number of carbonyl (C=O) groups is 1. The SMILES string of the molecule is COC(=O)c1cc(Cc2ccc(C#N)cc2)c(=O)n2c1CCC2. The highest BCUT2D eigenvalue weighted by Gasteiger charge is 2.23. The number of carbonyl (C=O) groups excluding carboxylic acids is 1. The van der Waals surface area contributed by atoms with Crippen molar-refractivity contribution in [2.24, 2.45) is 0 Å².